The Morgan fingerprint density at radius 3 is 1.89 bits per heavy atom. The molecule has 18 heavy (non-hydrogen) atoms. The molecule has 9 nitrogen and oxygen atoms in total. The van der Waals surface area contributed by atoms with Crippen molar-refractivity contribution in [1.82, 2.24) is 5.32 Å². The third-order valence-electron chi connectivity index (χ3n) is 1.61. The molecule has 106 valence electrons. The van der Waals surface area contributed by atoms with E-state index in [1.807, 2.05) is 0 Å². The van der Waals surface area contributed by atoms with E-state index in [0.29, 0.717) is 0 Å². The van der Waals surface area contributed by atoms with Crippen LogP contribution in [-0.4, -0.2) is 50.3 Å². The zero-order valence-electron chi connectivity index (χ0n) is 10.3. The van der Waals surface area contributed by atoms with Gasteiger partial charge in [-0.2, -0.15) is 0 Å². The lowest BCUT2D eigenvalue weighted by Crippen LogP contribution is -2.33. The van der Waals surface area contributed by atoms with Crippen molar-refractivity contribution >= 4 is 25.4 Å². The number of carbonyl (C=O) groups is 3. The van der Waals surface area contributed by atoms with Crippen LogP contribution in [0.1, 0.15) is 6.42 Å². The van der Waals surface area contributed by atoms with Crippen LogP contribution in [-0.2, 0) is 28.0 Å². The van der Waals surface area contributed by atoms with Crippen LogP contribution in [0.25, 0.3) is 0 Å². The largest absolute Gasteiger partial charge is 0.481 e. The van der Waals surface area contributed by atoms with Crippen molar-refractivity contribution in [1.29, 1.82) is 0 Å². The molecule has 0 aliphatic rings. The Balaban J connectivity index is 0. The number of carboxylic acids is 1. The molecule has 0 saturated carbocycles. The average Bonchev–Trinajstić information content (AvgIpc) is 2.35. The molecule has 0 heterocycles. The van der Waals surface area contributed by atoms with Gasteiger partial charge < -0.3 is 25.2 Å². The van der Waals surface area contributed by atoms with Gasteiger partial charge in [0.05, 0.1) is 12.6 Å². The molecule has 0 radical (unpaired) electrons. The monoisotopic (exact) mass is 284 g/mol. The summed E-state index contributed by atoms with van der Waals surface area (Å²) in [5.74, 6) is -2.73. The van der Waals surface area contributed by atoms with Gasteiger partial charge in [0.15, 0.2) is 0 Å². The van der Waals surface area contributed by atoms with Crippen LogP contribution in [0.4, 0.5) is 0 Å². The Hall–Kier alpha value is -1.44. The number of aliphatic carboxylic acids is 1. The highest BCUT2D eigenvalue weighted by Gasteiger charge is 2.21. The van der Waals surface area contributed by atoms with Gasteiger partial charge in [-0.1, -0.05) is 0 Å². The van der Waals surface area contributed by atoms with Crippen LogP contribution in [0, 0.1) is 0 Å². The third-order valence-corrected chi connectivity index (χ3v) is 3.49. The molecule has 0 rings (SSSR count). The molecule has 0 unspecified atom stereocenters. The van der Waals surface area contributed by atoms with E-state index in [-0.39, 0.29) is 12.6 Å². The van der Waals surface area contributed by atoms with Crippen molar-refractivity contribution in [2.75, 3.05) is 27.4 Å². The minimum atomic E-state index is -3.12. The first-order chi connectivity index (χ1) is 8.22. The Morgan fingerprint density at radius 2 is 1.72 bits per heavy atom. The number of nitrogens with two attached hydrogens (primary N) is 1. The molecule has 0 saturated heterocycles. The predicted molar refractivity (Wildman–Crippen MR) is 62.0 cm³/mol. The highest BCUT2D eigenvalue weighted by molar-refractivity contribution is 7.53. The average molecular weight is 284 g/mol. The van der Waals surface area contributed by atoms with Gasteiger partial charge in [-0.15, -0.1) is 0 Å². The van der Waals surface area contributed by atoms with Gasteiger partial charge in [0.1, 0.15) is 0 Å². The van der Waals surface area contributed by atoms with Crippen LogP contribution in [0.2, 0.25) is 0 Å². The number of likely N-dealkylation sites (N-methyl/N-ethyl adjacent to an activating group) is 1. The fraction of sp³-hybridized carbons (Fsp3) is 0.625. The predicted octanol–water partition coefficient (Wildman–Crippen LogP) is -0.835. The first-order valence-electron chi connectivity index (χ1n) is 4.66. The van der Waals surface area contributed by atoms with E-state index in [0.717, 1.165) is 0 Å². The topological polar surface area (TPSA) is 145 Å². The van der Waals surface area contributed by atoms with Gasteiger partial charge in [0.2, 0.25) is 0 Å². The van der Waals surface area contributed by atoms with Gasteiger partial charge in [-0.05, 0) is 0 Å². The fourth-order valence-corrected chi connectivity index (χ4v) is 1.59. The molecule has 0 aromatic rings. The lowest BCUT2D eigenvalue weighted by Gasteiger charge is -2.11. The van der Waals surface area contributed by atoms with Crippen LogP contribution in [0.15, 0.2) is 0 Å². The summed E-state index contributed by atoms with van der Waals surface area (Å²) < 4.78 is 20.2. The second kappa shape index (κ2) is 9.58. The van der Waals surface area contributed by atoms with Gasteiger partial charge >= 0.3 is 25.4 Å². The summed E-state index contributed by atoms with van der Waals surface area (Å²) in [5.41, 5.74) is 4.50. The Bertz CT molecular complexity index is 336. The molecule has 2 amide bonds. The lowest BCUT2D eigenvalue weighted by molar-refractivity contribution is -0.136. The molecule has 0 atom stereocenters. The maximum atomic E-state index is 11.1. The molecule has 0 fully saturated rings. The summed E-state index contributed by atoms with van der Waals surface area (Å²) in [6.07, 6.45) is -0.297. The van der Waals surface area contributed by atoms with Crippen molar-refractivity contribution < 1.29 is 33.1 Å². The van der Waals surface area contributed by atoms with Gasteiger partial charge in [0, 0.05) is 21.3 Å². The first kappa shape index (κ1) is 18.9. The van der Waals surface area contributed by atoms with E-state index in [1.165, 1.54) is 21.3 Å². The maximum absolute atomic E-state index is 11.1. The second-order valence-electron chi connectivity index (χ2n) is 2.79. The minimum absolute atomic E-state index is 0.0880. The normalized spacial score (nSPS) is 9.94. The van der Waals surface area contributed by atoms with Crippen LogP contribution >= 0.6 is 7.60 Å². The minimum Gasteiger partial charge on any atom is -0.481 e. The number of carboxylic acid groups (broad SMARTS) is 1. The van der Waals surface area contributed by atoms with Crippen LogP contribution in [0.3, 0.4) is 0 Å². The van der Waals surface area contributed by atoms with E-state index in [9.17, 15) is 18.9 Å². The molecule has 0 bridgehead atoms. The number of amides is 2. The molecular formula is C8H17N2O7P. The summed E-state index contributed by atoms with van der Waals surface area (Å²) in [5, 5.41) is 10.3. The highest BCUT2D eigenvalue weighted by atomic mass is 31.2. The standard InChI is InChI=1S/C5H11O5P.C3H6N2O2/c1-9-11(8,10-2)4-3-5(6)7;1-5-3(7)2(4)6/h3-4H2,1-2H3,(H,6,7);1H3,(H2,4,6)(H,5,7). The number of nitrogens with one attached hydrogen (secondary N) is 1. The van der Waals surface area contributed by atoms with Crippen LogP contribution in [0.5, 0.6) is 0 Å². The molecule has 0 aliphatic heterocycles. The highest BCUT2D eigenvalue weighted by Crippen LogP contribution is 2.46. The molecule has 0 aliphatic carbocycles. The quantitative estimate of drug-likeness (QED) is 0.441. The smallest absolute Gasteiger partial charge is 0.330 e. The Kier molecular flexibility index (Phi) is 10.1. The summed E-state index contributed by atoms with van der Waals surface area (Å²) in [7, 11) is 0.681. The SMILES string of the molecule is CNC(=O)C(N)=O.COP(=O)(CCC(=O)O)OC. The van der Waals surface area contributed by atoms with Crippen molar-refractivity contribution in [3.8, 4) is 0 Å². The molecule has 10 heteroatoms. The van der Waals surface area contributed by atoms with Crippen LogP contribution < -0.4 is 11.1 Å². The number of primary amides is 1. The van der Waals surface area contributed by atoms with E-state index < -0.39 is 25.4 Å². The zero-order chi connectivity index (χ0) is 14.8. The lowest BCUT2D eigenvalue weighted by atomic mass is 10.5. The van der Waals surface area contributed by atoms with Crippen molar-refractivity contribution in [3.05, 3.63) is 0 Å². The van der Waals surface area contributed by atoms with E-state index in [2.05, 4.69) is 20.1 Å². The zero-order valence-corrected chi connectivity index (χ0v) is 11.2. The van der Waals surface area contributed by atoms with E-state index in [1.54, 1.807) is 0 Å². The van der Waals surface area contributed by atoms with Gasteiger partial charge in [-0.25, -0.2) is 0 Å². The third kappa shape index (κ3) is 9.76. The number of hydrogen-bond acceptors (Lipinski definition) is 6. The number of hydrogen-bond donors (Lipinski definition) is 3. The Morgan fingerprint density at radius 1 is 1.28 bits per heavy atom. The summed E-state index contributed by atoms with van der Waals surface area (Å²) in [4.78, 5) is 29.7. The molecular weight excluding hydrogens is 267 g/mol. The molecule has 0 spiro atoms. The van der Waals surface area contributed by atoms with Crippen molar-refractivity contribution in [3.63, 3.8) is 0 Å². The maximum Gasteiger partial charge on any atom is 0.330 e. The molecule has 4 N–H and O–H groups in total. The number of rotatable bonds is 5. The van der Waals surface area contributed by atoms with E-state index in [4.69, 9.17) is 5.11 Å². The summed E-state index contributed by atoms with van der Waals surface area (Å²) >= 11 is 0. The second-order valence-corrected chi connectivity index (χ2v) is 5.19. The molecule has 0 aromatic heterocycles. The molecule has 0 aromatic carbocycles. The number of carbonyl (C=O) groups excluding carboxylic acids is 2. The first-order valence-corrected chi connectivity index (χ1v) is 6.39. The van der Waals surface area contributed by atoms with Crippen molar-refractivity contribution in [2.24, 2.45) is 5.73 Å². The van der Waals surface area contributed by atoms with Gasteiger partial charge in [0.25, 0.3) is 0 Å². The van der Waals surface area contributed by atoms with E-state index >= 15 is 0 Å². The van der Waals surface area contributed by atoms with Crippen molar-refractivity contribution in [2.45, 2.75) is 6.42 Å². The fourth-order valence-electron chi connectivity index (χ4n) is 0.613. The van der Waals surface area contributed by atoms with Gasteiger partial charge in [-0.3, -0.25) is 18.9 Å². The summed E-state index contributed by atoms with van der Waals surface area (Å²) in [6.45, 7) is 0. The summed E-state index contributed by atoms with van der Waals surface area (Å²) in [6, 6.07) is 0. The Labute approximate surface area is 104 Å².